The van der Waals surface area contributed by atoms with Gasteiger partial charge in [0, 0.05) is 22.6 Å². The van der Waals surface area contributed by atoms with Gasteiger partial charge in [0.05, 0.1) is 32.1 Å². The van der Waals surface area contributed by atoms with E-state index in [1.165, 1.54) is 22.3 Å². The Hall–Kier alpha value is -3.39. The van der Waals surface area contributed by atoms with Crippen molar-refractivity contribution >= 4 is 27.8 Å². The van der Waals surface area contributed by atoms with Crippen molar-refractivity contribution in [2.24, 2.45) is 5.10 Å². The molecule has 3 heterocycles. The van der Waals surface area contributed by atoms with Gasteiger partial charge in [-0.1, -0.05) is 0 Å². The first-order valence-electron chi connectivity index (χ1n) is 8.00. The van der Waals surface area contributed by atoms with Gasteiger partial charge in [0.2, 0.25) is 0 Å². The van der Waals surface area contributed by atoms with Gasteiger partial charge in [-0.3, -0.25) is 4.79 Å². The van der Waals surface area contributed by atoms with E-state index in [9.17, 15) is 4.79 Å². The van der Waals surface area contributed by atoms with Crippen molar-refractivity contribution in [3.63, 3.8) is 0 Å². The number of nitrogens with zero attached hydrogens (tertiary/aromatic N) is 3. The minimum atomic E-state index is -0.265. The van der Waals surface area contributed by atoms with Crippen LogP contribution in [0, 0.1) is 0 Å². The number of benzene rings is 1. The summed E-state index contributed by atoms with van der Waals surface area (Å²) in [6.45, 7) is 0. The molecule has 136 valence electrons. The summed E-state index contributed by atoms with van der Waals surface area (Å²) in [5, 5.41) is 6.60. The number of fused-ring (bicyclic) bond motifs is 1. The van der Waals surface area contributed by atoms with E-state index < -0.39 is 0 Å². The maximum Gasteiger partial charge on any atom is 0.283 e. The first kappa shape index (κ1) is 17.0. The fourth-order valence-electron chi connectivity index (χ4n) is 2.65. The molecule has 0 radical (unpaired) electrons. The van der Waals surface area contributed by atoms with Crippen molar-refractivity contribution in [3.8, 4) is 22.8 Å². The lowest BCUT2D eigenvalue weighted by molar-refractivity contribution is 0.394. The van der Waals surface area contributed by atoms with Crippen LogP contribution in [0.3, 0.4) is 0 Å². The first-order valence-corrected chi connectivity index (χ1v) is 8.87. The van der Waals surface area contributed by atoms with Crippen LogP contribution in [0.4, 0.5) is 0 Å². The molecule has 0 bridgehead atoms. The Bertz CT molecular complexity index is 1150. The fourth-order valence-corrected chi connectivity index (χ4v) is 3.54. The van der Waals surface area contributed by atoms with Crippen LogP contribution in [0.25, 0.3) is 21.5 Å². The van der Waals surface area contributed by atoms with Crippen LogP contribution in [-0.4, -0.2) is 30.1 Å². The average molecular weight is 381 g/mol. The lowest BCUT2D eigenvalue weighted by atomic mass is 10.2. The molecule has 0 amide bonds. The van der Waals surface area contributed by atoms with Gasteiger partial charge in [-0.25, -0.2) is 4.98 Å². The fraction of sp³-hybridized carbons (Fsp3) is 0.105. The molecule has 3 aromatic heterocycles. The van der Waals surface area contributed by atoms with Crippen LogP contribution in [0.5, 0.6) is 11.5 Å². The Labute approximate surface area is 158 Å². The quantitative estimate of drug-likeness (QED) is 0.494. The topological polar surface area (TPSA) is 78.9 Å². The van der Waals surface area contributed by atoms with Crippen LogP contribution >= 0.6 is 11.3 Å². The lowest BCUT2D eigenvalue weighted by Crippen LogP contribution is -2.16. The van der Waals surface area contributed by atoms with Gasteiger partial charge in [-0.2, -0.15) is 9.78 Å². The highest BCUT2D eigenvalue weighted by Crippen LogP contribution is 2.30. The highest BCUT2D eigenvalue weighted by Gasteiger charge is 2.14. The Morgan fingerprint density at radius 2 is 2.00 bits per heavy atom. The van der Waals surface area contributed by atoms with Gasteiger partial charge >= 0.3 is 0 Å². The summed E-state index contributed by atoms with van der Waals surface area (Å²) in [5.41, 5.74) is 1.18. The molecule has 1 aromatic carbocycles. The molecule has 0 N–H and O–H groups in total. The zero-order valence-electron chi connectivity index (χ0n) is 14.6. The van der Waals surface area contributed by atoms with Gasteiger partial charge in [0.1, 0.15) is 28.4 Å². The minimum Gasteiger partial charge on any atom is -0.497 e. The predicted octanol–water partition coefficient (Wildman–Crippen LogP) is 3.62. The van der Waals surface area contributed by atoms with Crippen LogP contribution in [0.15, 0.2) is 62.6 Å². The number of hydrogen-bond donors (Lipinski definition) is 0. The summed E-state index contributed by atoms with van der Waals surface area (Å²) in [6, 6.07) is 8.94. The second-order valence-electron chi connectivity index (χ2n) is 5.59. The third kappa shape index (κ3) is 3.22. The summed E-state index contributed by atoms with van der Waals surface area (Å²) >= 11 is 1.39. The second-order valence-corrected chi connectivity index (χ2v) is 6.45. The van der Waals surface area contributed by atoms with E-state index in [1.54, 1.807) is 51.0 Å². The summed E-state index contributed by atoms with van der Waals surface area (Å²) < 4.78 is 17.1. The second kappa shape index (κ2) is 7.08. The smallest absolute Gasteiger partial charge is 0.283 e. The highest BCUT2D eigenvalue weighted by atomic mass is 32.1. The van der Waals surface area contributed by atoms with Crippen molar-refractivity contribution in [1.82, 2.24) is 9.66 Å². The van der Waals surface area contributed by atoms with E-state index in [4.69, 9.17) is 13.9 Å². The number of ether oxygens (including phenoxy) is 2. The molecule has 0 saturated carbocycles. The van der Waals surface area contributed by atoms with Gasteiger partial charge in [0.25, 0.3) is 5.56 Å². The first-order chi connectivity index (χ1) is 13.2. The van der Waals surface area contributed by atoms with Crippen molar-refractivity contribution in [2.45, 2.75) is 0 Å². The summed E-state index contributed by atoms with van der Waals surface area (Å²) in [5.74, 6) is 1.89. The normalized spacial score (nSPS) is 11.3. The maximum atomic E-state index is 12.9. The number of furan rings is 1. The SMILES string of the molecule is COc1cc(/C=N\n2cnc3scc(-c4ccco4)c3c2=O)cc(OC)c1. The van der Waals surface area contributed by atoms with E-state index in [0.29, 0.717) is 33.0 Å². The number of rotatable bonds is 5. The van der Waals surface area contributed by atoms with Crippen molar-refractivity contribution in [3.05, 3.63) is 64.2 Å². The Kier molecular flexibility index (Phi) is 4.47. The molecule has 0 aliphatic heterocycles. The van der Waals surface area contributed by atoms with E-state index in [0.717, 1.165) is 5.56 Å². The third-order valence-electron chi connectivity index (χ3n) is 3.97. The van der Waals surface area contributed by atoms with E-state index in [-0.39, 0.29) is 5.56 Å². The standard InChI is InChI=1S/C19H15N3O4S/c1-24-13-6-12(7-14(8-13)25-2)9-21-22-11-20-18-17(19(22)23)15(10-27-18)16-4-3-5-26-16/h3-11H,1-2H3/b21-9-. The monoisotopic (exact) mass is 381 g/mol. The van der Waals surface area contributed by atoms with Crippen molar-refractivity contribution in [2.75, 3.05) is 14.2 Å². The van der Waals surface area contributed by atoms with Crippen molar-refractivity contribution in [1.29, 1.82) is 0 Å². The summed E-state index contributed by atoms with van der Waals surface area (Å²) in [6.07, 6.45) is 4.53. The van der Waals surface area contributed by atoms with Crippen molar-refractivity contribution < 1.29 is 13.9 Å². The van der Waals surface area contributed by atoms with Crippen LogP contribution < -0.4 is 15.0 Å². The molecule has 7 nitrogen and oxygen atoms in total. The maximum absolute atomic E-state index is 12.9. The minimum absolute atomic E-state index is 0.265. The molecule has 0 unspecified atom stereocenters. The molecule has 27 heavy (non-hydrogen) atoms. The number of methoxy groups -OCH3 is 2. The lowest BCUT2D eigenvalue weighted by Gasteiger charge is -2.05. The number of hydrogen-bond acceptors (Lipinski definition) is 7. The highest BCUT2D eigenvalue weighted by molar-refractivity contribution is 7.17. The van der Waals surface area contributed by atoms with Gasteiger partial charge < -0.3 is 13.9 Å². The summed E-state index contributed by atoms with van der Waals surface area (Å²) in [7, 11) is 3.15. The van der Waals surface area contributed by atoms with E-state index in [1.807, 2.05) is 11.4 Å². The molecule has 0 aliphatic carbocycles. The molecule has 0 atom stereocenters. The molecule has 4 rings (SSSR count). The Morgan fingerprint density at radius 1 is 1.22 bits per heavy atom. The third-order valence-corrected chi connectivity index (χ3v) is 4.86. The Morgan fingerprint density at radius 3 is 2.67 bits per heavy atom. The molecular formula is C19H15N3O4S. The molecule has 8 heteroatoms. The zero-order chi connectivity index (χ0) is 18.8. The molecule has 4 aromatic rings. The summed E-state index contributed by atoms with van der Waals surface area (Å²) in [4.78, 5) is 17.9. The van der Waals surface area contributed by atoms with Gasteiger partial charge in [-0.05, 0) is 24.3 Å². The molecular weight excluding hydrogens is 366 g/mol. The van der Waals surface area contributed by atoms with Crippen LogP contribution in [0.2, 0.25) is 0 Å². The van der Waals surface area contributed by atoms with Crippen LogP contribution in [-0.2, 0) is 0 Å². The molecule has 0 aliphatic rings. The van der Waals surface area contributed by atoms with Gasteiger partial charge in [-0.15, -0.1) is 11.3 Å². The molecule has 0 saturated heterocycles. The van der Waals surface area contributed by atoms with E-state index in [2.05, 4.69) is 10.1 Å². The largest absolute Gasteiger partial charge is 0.497 e. The number of thiophene rings is 1. The van der Waals surface area contributed by atoms with Gasteiger partial charge in [0.15, 0.2) is 0 Å². The average Bonchev–Trinajstić information content (AvgIpc) is 3.36. The van der Waals surface area contributed by atoms with E-state index >= 15 is 0 Å². The zero-order valence-corrected chi connectivity index (χ0v) is 15.4. The molecule has 0 fully saturated rings. The molecule has 0 spiro atoms. The Balaban J connectivity index is 1.77. The van der Waals surface area contributed by atoms with Crippen LogP contribution in [0.1, 0.15) is 5.56 Å². The predicted molar refractivity (Wildman–Crippen MR) is 104 cm³/mol. The number of aromatic nitrogens is 2.